The predicted molar refractivity (Wildman–Crippen MR) is 212 cm³/mol. The van der Waals surface area contributed by atoms with Gasteiger partial charge >= 0.3 is 11.9 Å². The summed E-state index contributed by atoms with van der Waals surface area (Å²) < 4.78 is 0. The number of aliphatic carboxylic acids is 2. The van der Waals surface area contributed by atoms with Crippen molar-refractivity contribution in [3.05, 3.63) is 94.9 Å². The number of carboxylic acid groups (broad SMARTS) is 2. The third-order valence-corrected chi connectivity index (χ3v) is 13.5. The molecular weight excluding hydrogens is 713 g/mol. The summed E-state index contributed by atoms with van der Waals surface area (Å²) in [7, 11) is 4.29. The molecule has 0 spiro atoms. The Balaban J connectivity index is 0.000000182. The molecule has 5 N–H and O–H groups in total. The average Bonchev–Trinajstić information content (AvgIpc) is 3.67. The fourth-order valence-electron chi connectivity index (χ4n) is 10.8. The largest absolute Gasteiger partial charge is 0.478 e. The number of nitrogens with zero attached hydrogens (tertiary/aromatic N) is 2. The SMILES string of the molecule is CC(C1=C(CCN(C)C)Cc2ccccc21)c1ccccn1.C[C@]12CCC(=O)C=C1CC[C@@H]1[C@@H]2[C@@H](O)C[C@@]2(C)[C@H]1CC[C@]2(O)C(=O)CO.O=C(O)/C=C\C(=O)O. The molecule has 5 aliphatic rings. The Morgan fingerprint density at radius 3 is 2.29 bits per heavy atom. The quantitative estimate of drug-likeness (QED) is 0.199. The molecule has 0 aliphatic heterocycles. The van der Waals surface area contributed by atoms with E-state index in [-0.39, 0.29) is 29.0 Å². The van der Waals surface area contributed by atoms with Crippen molar-refractivity contribution in [2.45, 2.75) is 96.2 Å². The highest BCUT2D eigenvalue weighted by molar-refractivity contribution is 5.92. The number of Topliss-reactive ketones (excluding diaryl/α,β-unsaturated/α-hetero) is 1. The minimum absolute atomic E-state index is 0.0697. The molecule has 7 rings (SSSR count). The lowest BCUT2D eigenvalue weighted by Gasteiger charge is -2.60. The predicted octanol–water partition coefficient (Wildman–Crippen LogP) is 5.64. The number of carbonyl (C=O) groups is 4. The van der Waals surface area contributed by atoms with Gasteiger partial charge in [-0.3, -0.25) is 14.6 Å². The number of aliphatic hydroxyl groups is 3. The normalized spacial score (nSPS) is 30.8. The molecule has 1 heterocycles. The maximum Gasteiger partial charge on any atom is 0.328 e. The maximum atomic E-state index is 12.4. The van der Waals surface area contributed by atoms with Gasteiger partial charge in [0.25, 0.3) is 0 Å². The summed E-state index contributed by atoms with van der Waals surface area (Å²) in [6.45, 7) is 6.84. The average molecular weight is 771 g/mol. The second-order valence-electron chi connectivity index (χ2n) is 16.9. The van der Waals surface area contributed by atoms with E-state index in [0.717, 1.165) is 50.8 Å². The lowest BCUT2D eigenvalue weighted by Crippen LogP contribution is -2.62. The van der Waals surface area contributed by atoms with Crippen molar-refractivity contribution in [3.8, 4) is 0 Å². The molecule has 56 heavy (non-hydrogen) atoms. The highest BCUT2D eigenvalue weighted by Crippen LogP contribution is 2.67. The standard InChI is InChI=1S/C21H30O5.C20H24N2.C4H4O4/c1-19-7-5-13(23)9-12(19)3-4-14-15-6-8-21(26,17(25)11-22)20(15,2)10-16(24)18(14)19;1-15(19-10-6-7-12-21-19)20-17(11-13-22(2)3)14-16-8-4-5-9-18(16)20;5-3(6)1-2-4(7)8/h9,14-16,18,22,24,26H,3-8,10-11H2,1-2H3;4-10,12,15H,11,13-14H2,1-3H3;1-2H,(H,5,6)(H,7,8)/b;;2-1-/t14-,15-,16-,18+,19-,20-,21-;;/m0../s1. The van der Waals surface area contributed by atoms with Crippen LogP contribution in [0.4, 0.5) is 0 Å². The molecular formula is C45H58N2O9. The topological polar surface area (TPSA) is 186 Å². The van der Waals surface area contributed by atoms with Crippen molar-refractivity contribution in [1.82, 2.24) is 9.88 Å². The molecule has 11 heteroatoms. The zero-order chi connectivity index (χ0) is 41.0. The van der Waals surface area contributed by atoms with E-state index in [2.05, 4.69) is 74.2 Å². The number of ketones is 2. The summed E-state index contributed by atoms with van der Waals surface area (Å²) in [6.07, 6.45) is 11.0. The Morgan fingerprint density at radius 2 is 1.66 bits per heavy atom. The highest BCUT2D eigenvalue weighted by atomic mass is 16.4. The van der Waals surface area contributed by atoms with Crippen molar-refractivity contribution < 1.29 is 44.7 Å². The second-order valence-corrected chi connectivity index (χ2v) is 16.9. The molecule has 11 nitrogen and oxygen atoms in total. The van der Waals surface area contributed by atoms with E-state index in [0.29, 0.717) is 37.3 Å². The van der Waals surface area contributed by atoms with E-state index in [9.17, 15) is 34.5 Å². The Kier molecular flexibility index (Phi) is 13.4. The van der Waals surface area contributed by atoms with Crippen LogP contribution in [0, 0.1) is 28.6 Å². The Hall–Kier alpha value is -4.29. The van der Waals surface area contributed by atoms with Crippen LogP contribution in [0.25, 0.3) is 5.57 Å². The van der Waals surface area contributed by atoms with Crippen LogP contribution >= 0.6 is 0 Å². The molecule has 3 saturated carbocycles. The van der Waals surface area contributed by atoms with Gasteiger partial charge in [0.15, 0.2) is 11.6 Å². The van der Waals surface area contributed by atoms with Gasteiger partial charge in [0.1, 0.15) is 12.2 Å². The molecule has 1 aromatic heterocycles. The number of carboxylic acids is 2. The van der Waals surface area contributed by atoms with Gasteiger partial charge in [-0.2, -0.15) is 0 Å². The summed E-state index contributed by atoms with van der Waals surface area (Å²) in [5, 5.41) is 47.3. The number of benzene rings is 1. The van der Waals surface area contributed by atoms with Gasteiger partial charge in [0, 0.05) is 48.3 Å². The van der Waals surface area contributed by atoms with Crippen LogP contribution in [0.1, 0.15) is 94.9 Å². The van der Waals surface area contributed by atoms with E-state index in [1.165, 1.54) is 22.3 Å². The number of aromatic nitrogens is 1. The zero-order valence-electron chi connectivity index (χ0n) is 33.3. The molecule has 5 aliphatic carbocycles. The maximum absolute atomic E-state index is 12.4. The van der Waals surface area contributed by atoms with Crippen molar-refractivity contribution >= 4 is 29.1 Å². The van der Waals surface area contributed by atoms with Crippen LogP contribution in [0.2, 0.25) is 0 Å². The van der Waals surface area contributed by atoms with Gasteiger partial charge in [0.2, 0.25) is 0 Å². The van der Waals surface area contributed by atoms with Gasteiger partial charge in [0.05, 0.1) is 6.10 Å². The van der Waals surface area contributed by atoms with Crippen molar-refractivity contribution in [2.75, 3.05) is 27.2 Å². The lowest BCUT2D eigenvalue weighted by atomic mass is 9.45. The van der Waals surface area contributed by atoms with E-state index in [1.54, 1.807) is 11.6 Å². The minimum Gasteiger partial charge on any atom is -0.478 e. The Bertz CT molecular complexity index is 1870. The van der Waals surface area contributed by atoms with Gasteiger partial charge in [-0.25, -0.2) is 9.59 Å². The summed E-state index contributed by atoms with van der Waals surface area (Å²) in [5.41, 5.74) is 5.90. The molecule has 0 bridgehead atoms. The molecule has 8 atom stereocenters. The molecule has 0 saturated heterocycles. The number of allylic oxidation sites excluding steroid dienone is 2. The number of pyridine rings is 1. The summed E-state index contributed by atoms with van der Waals surface area (Å²) in [6, 6.07) is 15.0. The number of fused-ring (bicyclic) bond motifs is 6. The summed E-state index contributed by atoms with van der Waals surface area (Å²) in [5.74, 6) is -2.03. The molecule has 2 aromatic rings. The number of aliphatic hydroxyl groups excluding tert-OH is 2. The third-order valence-electron chi connectivity index (χ3n) is 13.5. The monoisotopic (exact) mass is 770 g/mol. The minimum atomic E-state index is -1.54. The summed E-state index contributed by atoms with van der Waals surface area (Å²) >= 11 is 0. The van der Waals surface area contributed by atoms with E-state index in [1.807, 2.05) is 19.2 Å². The molecule has 1 unspecified atom stereocenters. The Labute approximate surface area is 329 Å². The first-order valence-corrected chi connectivity index (χ1v) is 19.7. The van der Waals surface area contributed by atoms with E-state index >= 15 is 0 Å². The first-order valence-electron chi connectivity index (χ1n) is 19.7. The van der Waals surface area contributed by atoms with Crippen LogP contribution < -0.4 is 0 Å². The zero-order valence-corrected chi connectivity index (χ0v) is 33.3. The number of rotatable bonds is 9. The first-order chi connectivity index (χ1) is 26.5. The molecule has 0 amide bonds. The smallest absolute Gasteiger partial charge is 0.328 e. The fourth-order valence-corrected chi connectivity index (χ4v) is 10.8. The number of carbonyl (C=O) groups excluding carboxylic acids is 2. The van der Waals surface area contributed by atoms with Gasteiger partial charge in [-0.05, 0) is 124 Å². The lowest BCUT2D eigenvalue weighted by molar-refractivity contribution is -0.182. The van der Waals surface area contributed by atoms with Gasteiger partial charge in [-0.15, -0.1) is 0 Å². The van der Waals surface area contributed by atoms with Crippen molar-refractivity contribution in [3.63, 3.8) is 0 Å². The van der Waals surface area contributed by atoms with Gasteiger partial charge in [-0.1, -0.05) is 62.2 Å². The number of hydrogen-bond acceptors (Lipinski definition) is 9. The molecule has 302 valence electrons. The number of hydrogen-bond donors (Lipinski definition) is 5. The van der Waals surface area contributed by atoms with Crippen LogP contribution in [0.15, 0.2) is 78.0 Å². The molecule has 1 aromatic carbocycles. The second kappa shape index (κ2) is 17.5. The van der Waals surface area contributed by atoms with Crippen LogP contribution in [0.3, 0.4) is 0 Å². The Morgan fingerprint density at radius 1 is 0.982 bits per heavy atom. The van der Waals surface area contributed by atoms with Crippen molar-refractivity contribution in [2.24, 2.45) is 28.6 Å². The van der Waals surface area contributed by atoms with E-state index < -0.39 is 41.4 Å². The van der Waals surface area contributed by atoms with Crippen LogP contribution in [-0.2, 0) is 25.6 Å². The molecule has 0 radical (unpaired) electrons. The summed E-state index contributed by atoms with van der Waals surface area (Å²) in [4.78, 5) is 50.2. The fraction of sp³-hybridized carbons (Fsp3) is 0.533. The highest BCUT2D eigenvalue weighted by Gasteiger charge is 2.68. The molecule has 3 fully saturated rings. The first kappa shape index (κ1) is 42.8. The third kappa shape index (κ3) is 8.51. The van der Waals surface area contributed by atoms with Crippen LogP contribution in [0.5, 0.6) is 0 Å². The van der Waals surface area contributed by atoms with Gasteiger partial charge < -0.3 is 30.4 Å². The van der Waals surface area contributed by atoms with E-state index in [4.69, 9.17) is 10.2 Å². The van der Waals surface area contributed by atoms with Crippen molar-refractivity contribution in [1.29, 1.82) is 0 Å². The van der Waals surface area contributed by atoms with Crippen LogP contribution in [-0.4, -0.2) is 97.9 Å².